The predicted octanol–water partition coefficient (Wildman–Crippen LogP) is 3.61. The first kappa shape index (κ1) is 15.8. The van der Waals surface area contributed by atoms with E-state index in [1.165, 1.54) is 0 Å². The number of nitrogens with one attached hydrogen (secondary N) is 2. The fourth-order valence-corrected chi connectivity index (χ4v) is 1.87. The standard InChI is InChI=1S/C15H23ClN2O/c1-11(2)7-9-18-15(19)8-10-17-14-6-4-5-13(16)12(14)3/h4-6,11,17H,7-10H2,1-3H3,(H,18,19). The number of anilines is 1. The molecule has 0 radical (unpaired) electrons. The van der Waals surface area contributed by atoms with Gasteiger partial charge in [-0.15, -0.1) is 0 Å². The molecule has 1 aromatic carbocycles. The molecule has 0 atom stereocenters. The van der Waals surface area contributed by atoms with Crippen LogP contribution in [0.1, 0.15) is 32.3 Å². The maximum absolute atomic E-state index is 11.6. The molecular weight excluding hydrogens is 260 g/mol. The number of benzene rings is 1. The van der Waals surface area contributed by atoms with Gasteiger partial charge in [-0.3, -0.25) is 4.79 Å². The van der Waals surface area contributed by atoms with E-state index >= 15 is 0 Å². The third-order valence-corrected chi connectivity index (χ3v) is 3.39. The summed E-state index contributed by atoms with van der Waals surface area (Å²) in [7, 11) is 0. The zero-order chi connectivity index (χ0) is 14.3. The molecule has 1 amide bonds. The molecule has 3 nitrogen and oxygen atoms in total. The molecule has 0 saturated carbocycles. The Morgan fingerprint density at radius 3 is 2.74 bits per heavy atom. The Kier molecular flexibility index (Phi) is 6.71. The second-order valence-electron chi connectivity index (χ2n) is 5.12. The zero-order valence-electron chi connectivity index (χ0n) is 11.9. The molecule has 0 bridgehead atoms. The van der Waals surface area contributed by atoms with Crippen molar-refractivity contribution < 1.29 is 4.79 Å². The summed E-state index contributed by atoms with van der Waals surface area (Å²) in [6, 6.07) is 5.74. The van der Waals surface area contributed by atoms with E-state index < -0.39 is 0 Å². The van der Waals surface area contributed by atoms with E-state index in [-0.39, 0.29) is 5.91 Å². The number of rotatable bonds is 7. The molecule has 0 aliphatic carbocycles. The van der Waals surface area contributed by atoms with Crippen LogP contribution in [0.15, 0.2) is 18.2 Å². The molecular formula is C15H23ClN2O. The first-order valence-corrected chi connectivity index (χ1v) is 7.14. The molecule has 4 heteroatoms. The van der Waals surface area contributed by atoms with E-state index in [9.17, 15) is 4.79 Å². The highest BCUT2D eigenvalue weighted by atomic mass is 35.5. The molecule has 0 unspecified atom stereocenters. The lowest BCUT2D eigenvalue weighted by Gasteiger charge is -2.11. The third kappa shape index (κ3) is 5.97. The van der Waals surface area contributed by atoms with Crippen molar-refractivity contribution in [2.45, 2.75) is 33.6 Å². The SMILES string of the molecule is Cc1c(Cl)cccc1NCCC(=O)NCCC(C)C. The van der Waals surface area contributed by atoms with Crippen LogP contribution in [0.4, 0.5) is 5.69 Å². The van der Waals surface area contributed by atoms with Crippen molar-refractivity contribution in [3.8, 4) is 0 Å². The Hall–Kier alpha value is -1.22. The molecule has 2 N–H and O–H groups in total. The van der Waals surface area contributed by atoms with E-state index in [2.05, 4.69) is 24.5 Å². The number of carbonyl (C=O) groups is 1. The lowest BCUT2D eigenvalue weighted by Crippen LogP contribution is -2.27. The van der Waals surface area contributed by atoms with Crippen molar-refractivity contribution in [1.29, 1.82) is 0 Å². The smallest absolute Gasteiger partial charge is 0.221 e. The number of halogens is 1. The maximum Gasteiger partial charge on any atom is 0.221 e. The van der Waals surface area contributed by atoms with Gasteiger partial charge in [-0.25, -0.2) is 0 Å². The Morgan fingerprint density at radius 1 is 1.32 bits per heavy atom. The van der Waals surface area contributed by atoms with E-state index in [1.807, 2.05) is 25.1 Å². The molecule has 0 spiro atoms. The van der Waals surface area contributed by atoms with Gasteiger partial charge in [0.1, 0.15) is 0 Å². The predicted molar refractivity (Wildman–Crippen MR) is 81.8 cm³/mol. The minimum Gasteiger partial charge on any atom is -0.384 e. The van der Waals surface area contributed by atoms with Crippen molar-refractivity contribution in [2.75, 3.05) is 18.4 Å². The molecule has 0 aliphatic heterocycles. The van der Waals surface area contributed by atoms with Crippen molar-refractivity contribution in [3.63, 3.8) is 0 Å². The van der Waals surface area contributed by atoms with Crippen LogP contribution in [0.3, 0.4) is 0 Å². The van der Waals surface area contributed by atoms with Gasteiger partial charge in [-0.05, 0) is 37.0 Å². The number of carbonyl (C=O) groups excluding carboxylic acids is 1. The van der Waals surface area contributed by atoms with E-state index in [1.54, 1.807) is 0 Å². The molecule has 0 heterocycles. The monoisotopic (exact) mass is 282 g/mol. The molecule has 1 aromatic rings. The van der Waals surface area contributed by atoms with Crippen LogP contribution >= 0.6 is 11.6 Å². The summed E-state index contributed by atoms with van der Waals surface area (Å²) in [4.78, 5) is 11.6. The molecule has 0 aliphatic rings. The van der Waals surface area contributed by atoms with E-state index in [4.69, 9.17) is 11.6 Å². The maximum atomic E-state index is 11.6. The summed E-state index contributed by atoms with van der Waals surface area (Å²) in [6.45, 7) is 7.64. The minimum absolute atomic E-state index is 0.0906. The van der Waals surface area contributed by atoms with Gasteiger partial charge >= 0.3 is 0 Å². The molecule has 0 fully saturated rings. The minimum atomic E-state index is 0.0906. The van der Waals surface area contributed by atoms with Gasteiger partial charge in [0.05, 0.1) is 0 Å². The summed E-state index contributed by atoms with van der Waals surface area (Å²) >= 11 is 6.03. The van der Waals surface area contributed by atoms with Gasteiger partial charge in [-0.1, -0.05) is 31.5 Å². The topological polar surface area (TPSA) is 41.1 Å². The summed E-state index contributed by atoms with van der Waals surface area (Å²) in [5, 5.41) is 6.90. The van der Waals surface area contributed by atoms with Crippen molar-refractivity contribution in [1.82, 2.24) is 5.32 Å². The second kappa shape index (κ2) is 8.05. The van der Waals surface area contributed by atoms with Crippen LogP contribution in [0.2, 0.25) is 5.02 Å². The Morgan fingerprint density at radius 2 is 2.05 bits per heavy atom. The van der Waals surface area contributed by atoms with E-state index in [0.717, 1.165) is 29.2 Å². The normalized spacial score (nSPS) is 10.6. The zero-order valence-corrected chi connectivity index (χ0v) is 12.7. The highest BCUT2D eigenvalue weighted by molar-refractivity contribution is 6.31. The van der Waals surface area contributed by atoms with Crippen LogP contribution in [-0.4, -0.2) is 19.0 Å². The molecule has 106 valence electrons. The van der Waals surface area contributed by atoms with E-state index in [0.29, 0.717) is 18.9 Å². The van der Waals surface area contributed by atoms with Crippen molar-refractivity contribution in [2.24, 2.45) is 5.92 Å². The van der Waals surface area contributed by atoms with Crippen LogP contribution in [0, 0.1) is 12.8 Å². The van der Waals surface area contributed by atoms with Crippen LogP contribution in [0.5, 0.6) is 0 Å². The first-order chi connectivity index (χ1) is 9.00. The fourth-order valence-electron chi connectivity index (χ4n) is 1.70. The average Bonchev–Trinajstić information content (AvgIpc) is 2.34. The van der Waals surface area contributed by atoms with Gasteiger partial charge in [0.15, 0.2) is 0 Å². The van der Waals surface area contributed by atoms with Crippen molar-refractivity contribution >= 4 is 23.2 Å². The molecule has 19 heavy (non-hydrogen) atoms. The first-order valence-electron chi connectivity index (χ1n) is 6.76. The average molecular weight is 283 g/mol. The van der Waals surface area contributed by atoms with Crippen LogP contribution < -0.4 is 10.6 Å². The lowest BCUT2D eigenvalue weighted by molar-refractivity contribution is -0.120. The van der Waals surface area contributed by atoms with Gasteiger partial charge < -0.3 is 10.6 Å². The second-order valence-corrected chi connectivity index (χ2v) is 5.53. The third-order valence-electron chi connectivity index (χ3n) is 2.98. The van der Waals surface area contributed by atoms with Crippen molar-refractivity contribution in [3.05, 3.63) is 28.8 Å². The summed E-state index contributed by atoms with van der Waals surface area (Å²) in [6.07, 6.45) is 1.50. The highest BCUT2D eigenvalue weighted by Crippen LogP contribution is 2.22. The summed E-state index contributed by atoms with van der Waals surface area (Å²) in [5.74, 6) is 0.709. The Balaban J connectivity index is 2.26. The van der Waals surface area contributed by atoms with Gasteiger partial charge in [0.25, 0.3) is 0 Å². The molecule has 0 saturated heterocycles. The quantitative estimate of drug-likeness (QED) is 0.802. The number of amides is 1. The summed E-state index contributed by atoms with van der Waals surface area (Å²) in [5.41, 5.74) is 2.01. The Bertz CT molecular complexity index is 419. The fraction of sp³-hybridized carbons (Fsp3) is 0.533. The molecule has 0 aromatic heterocycles. The van der Waals surface area contributed by atoms with Gasteiger partial charge in [-0.2, -0.15) is 0 Å². The largest absolute Gasteiger partial charge is 0.384 e. The highest BCUT2D eigenvalue weighted by Gasteiger charge is 2.04. The number of hydrogen-bond acceptors (Lipinski definition) is 2. The number of hydrogen-bond donors (Lipinski definition) is 2. The van der Waals surface area contributed by atoms with Gasteiger partial charge in [0.2, 0.25) is 5.91 Å². The Labute approximate surface area is 120 Å². The van der Waals surface area contributed by atoms with Crippen LogP contribution in [0.25, 0.3) is 0 Å². The van der Waals surface area contributed by atoms with Gasteiger partial charge in [0, 0.05) is 30.2 Å². The van der Waals surface area contributed by atoms with Crippen LogP contribution in [-0.2, 0) is 4.79 Å². The lowest BCUT2D eigenvalue weighted by atomic mass is 10.1. The molecule has 1 rings (SSSR count). The summed E-state index contributed by atoms with van der Waals surface area (Å²) < 4.78 is 0.